The quantitative estimate of drug-likeness (QED) is 0.545. The van der Waals surface area contributed by atoms with Crippen molar-refractivity contribution in [1.29, 1.82) is 0 Å². The Morgan fingerprint density at radius 2 is 1.67 bits per heavy atom. The molecule has 0 saturated heterocycles. The molecule has 0 aromatic rings. The highest BCUT2D eigenvalue weighted by Crippen LogP contribution is 2.12. The summed E-state index contributed by atoms with van der Waals surface area (Å²) in [5.41, 5.74) is 2.75. The molecule has 0 saturated carbocycles. The summed E-state index contributed by atoms with van der Waals surface area (Å²) >= 11 is 0. The fourth-order valence-electron chi connectivity index (χ4n) is 1.18. The van der Waals surface area contributed by atoms with Crippen molar-refractivity contribution < 1.29 is 0 Å². The van der Waals surface area contributed by atoms with Crippen LogP contribution in [0.3, 0.4) is 0 Å². The molecule has 68 valence electrons. The molecule has 0 N–H and O–H groups in total. The minimum absolute atomic E-state index is 1.11. The van der Waals surface area contributed by atoms with E-state index in [-0.39, 0.29) is 0 Å². The Balaban J connectivity index is 4.51. The second kappa shape index (κ2) is 6.90. The van der Waals surface area contributed by atoms with E-state index >= 15 is 0 Å². The molecule has 0 radical (unpaired) electrons. The molecule has 0 bridgehead atoms. The third kappa shape index (κ3) is 4.17. The van der Waals surface area contributed by atoms with Gasteiger partial charge >= 0.3 is 0 Å². The molecule has 0 aliphatic carbocycles. The van der Waals surface area contributed by atoms with Crippen LogP contribution in [0.2, 0.25) is 0 Å². The summed E-state index contributed by atoms with van der Waals surface area (Å²) in [6.45, 7) is 8.57. The summed E-state index contributed by atoms with van der Waals surface area (Å²) in [5.74, 6) is 0. The van der Waals surface area contributed by atoms with Crippen LogP contribution in [0.25, 0.3) is 0 Å². The molecule has 0 amide bonds. The maximum Gasteiger partial charge on any atom is -0.0274 e. The molecule has 0 heteroatoms. The number of rotatable bonds is 4. The molecule has 0 aromatic carbocycles. The lowest BCUT2D eigenvalue weighted by Crippen LogP contribution is -1.81. The Morgan fingerprint density at radius 1 is 1.08 bits per heavy atom. The van der Waals surface area contributed by atoms with Gasteiger partial charge in [-0.1, -0.05) is 38.2 Å². The van der Waals surface area contributed by atoms with Crippen molar-refractivity contribution >= 4 is 0 Å². The molecule has 0 spiro atoms. The third-order valence-corrected chi connectivity index (χ3v) is 1.74. The topological polar surface area (TPSA) is 0 Å². The second-order valence-corrected chi connectivity index (χ2v) is 2.86. The van der Waals surface area contributed by atoms with E-state index in [4.69, 9.17) is 0 Å². The van der Waals surface area contributed by atoms with Crippen molar-refractivity contribution in [3.05, 3.63) is 35.5 Å². The van der Waals surface area contributed by atoms with Crippen molar-refractivity contribution in [2.75, 3.05) is 0 Å². The molecule has 0 aromatic heterocycles. The first-order chi connectivity index (χ1) is 5.76. The Bertz CT molecular complexity index is 192. The lowest BCUT2D eigenvalue weighted by atomic mass is 10.1. The van der Waals surface area contributed by atoms with Gasteiger partial charge in [-0.25, -0.2) is 0 Å². The summed E-state index contributed by atoms with van der Waals surface area (Å²) in [5, 5.41) is 0. The molecule has 0 atom stereocenters. The van der Waals surface area contributed by atoms with Crippen molar-refractivity contribution in [3.63, 3.8) is 0 Å². The van der Waals surface area contributed by atoms with Crippen LogP contribution in [0.5, 0.6) is 0 Å². The standard InChI is InChI=1S/C12H20/c1-5-8-11(4)12(9-6-2)10-7-3/h6,8-10H,5,7H2,1-4H3/b9-6-,11-8+,12-10+. The average Bonchev–Trinajstić information content (AvgIpc) is 2.04. The largest absolute Gasteiger partial charge is 0.0871 e. The number of hydrogen-bond donors (Lipinski definition) is 0. The van der Waals surface area contributed by atoms with Crippen LogP contribution >= 0.6 is 0 Å². The summed E-state index contributed by atoms with van der Waals surface area (Å²) < 4.78 is 0. The molecule has 0 aliphatic rings. The van der Waals surface area contributed by atoms with Gasteiger partial charge in [0.1, 0.15) is 0 Å². The first-order valence-electron chi connectivity index (χ1n) is 4.76. The molecule has 0 heterocycles. The Labute approximate surface area is 76.7 Å². The maximum atomic E-state index is 2.27. The minimum atomic E-state index is 1.11. The van der Waals surface area contributed by atoms with Gasteiger partial charge < -0.3 is 0 Å². The maximum absolute atomic E-state index is 2.27. The van der Waals surface area contributed by atoms with Gasteiger partial charge in [-0.15, -0.1) is 0 Å². The van der Waals surface area contributed by atoms with Crippen LogP contribution < -0.4 is 0 Å². The first kappa shape index (κ1) is 11.2. The highest BCUT2D eigenvalue weighted by molar-refractivity contribution is 5.37. The van der Waals surface area contributed by atoms with Gasteiger partial charge in [-0.05, 0) is 37.8 Å². The minimum Gasteiger partial charge on any atom is -0.0871 e. The van der Waals surface area contributed by atoms with Gasteiger partial charge in [-0.2, -0.15) is 0 Å². The van der Waals surface area contributed by atoms with E-state index in [0.29, 0.717) is 0 Å². The Hall–Kier alpha value is -0.780. The fourth-order valence-corrected chi connectivity index (χ4v) is 1.18. The first-order valence-corrected chi connectivity index (χ1v) is 4.76. The molecular formula is C12H20. The van der Waals surface area contributed by atoms with Crippen LogP contribution in [-0.4, -0.2) is 0 Å². The highest BCUT2D eigenvalue weighted by Gasteiger charge is 1.92. The summed E-state index contributed by atoms with van der Waals surface area (Å²) in [6, 6.07) is 0. The van der Waals surface area contributed by atoms with Crippen LogP contribution in [0, 0.1) is 0 Å². The molecule has 0 rings (SSSR count). The summed E-state index contributed by atoms with van der Waals surface area (Å²) in [6.07, 6.45) is 11.0. The lowest BCUT2D eigenvalue weighted by Gasteiger charge is -2.01. The van der Waals surface area contributed by atoms with Crippen LogP contribution in [0.1, 0.15) is 40.5 Å². The average molecular weight is 164 g/mol. The van der Waals surface area contributed by atoms with Gasteiger partial charge in [0, 0.05) is 0 Å². The molecule has 0 unspecified atom stereocenters. The van der Waals surface area contributed by atoms with Crippen molar-refractivity contribution in [2.45, 2.75) is 40.5 Å². The Kier molecular flexibility index (Phi) is 6.45. The number of allylic oxidation sites excluding steroid dienone is 6. The highest BCUT2D eigenvalue weighted by atomic mass is 14.0. The van der Waals surface area contributed by atoms with Crippen molar-refractivity contribution in [3.8, 4) is 0 Å². The Morgan fingerprint density at radius 3 is 2.08 bits per heavy atom. The van der Waals surface area contributed by atoms with Gasteiger partial charge in [-0.3, -0.25) is 0 Å². The molecule has 12 heavy (non-hydrogen) atoms. The fraction of sp³-hybridized carbons (Fsp3) is 0.500. The van der Waals surface area contributed by atoms with Gasteiger partial charge in [0.2, 0.25) is 0 Å². The van der Waals surface area contributed by atoms with Gasteiger partial charge in [0.15, 0.2) is 0 Å². The van der Waals surface area contributed by atoms with E-state index in [1.807, 2.05) is 0 Å². The normalized spacial score (nSPS) is 14.3. The molecular weight excluding hydrogens is 144 g/mol. The monoisotopic (exact) mass is 164 g/mol. The van der Waals surface area contributed by atoms with E-state index in [1.54, 1.807) is 0 Å². The van der Waals surface area contributed by atoms with E-state index in [1.165, 1.54) is 11.1 Å². The van der Waals surface area contributed by atoms with E-state index < -0.39 is 0 Å². The van der Waals surface area contributed by atoms with E-state index in [9.17, 15) is 0 Å². The predicted octanol–water partition coefficient (Wildman–Crippen LogP) is 4.26. The van der Waals surface area contributed by atoms with E-state index in [0.717, 1.165) is 12.8 Å². The molecule has 0 fully saturated rings. The predicted molar refractivity (Wildman–Crippen MR) is 57.2 cm³/mol. The second-order valence-electron chi connectivity index (χ2n) is 2.86. The zero-order chi connectivity index (χ0) is 9.40. The zero-order valence-electron chi connectivity index (χ0n) is 8.72. The smallest absolute Gasteiger partial charge is 0.0274 e. The SMILES string of the molecule is C\C=C/C(=C\CC)C(/C)=C/CC. The van der Waals surface area contributed by atoms with Gasteiger partial charge in [0.05, 0.1) is 0 Å². The van der Waals surface area contributed by atoms with Crippen molar-refractivity contribution in [2.24, 2.45) is 0 Å². The molecule has 0 aliphatic heterocycles. The lowest BCUT2D eigenvalue weighted by molar-refractivity contribution is 1.16. The van der Waals surface area contributed by atoms with E-state index in [2.05, 4.69) is 52.0 Å². The summed E-state index contributed by atoms with van der Waals surface area (Å²) in [4.78, 5) is 0. The zero-order valence-corrected chi connectivity index (χ0v) is 8.72. The number of hydrogen-bond acceptors (Lipinski definition) is 0. The van der Waals surface area contributed by atoms with Crippen LogP contribution in [0.4, 0.5) is 0 Å². The molecule has 0 nitrogen and oxygen atoms in total. The third-order valence-electron chi connectivity index (χ3n) is 1.74. The van der Waals surface area contributed by atoms with Crippen molar-refractivity contribution in [1.82, 2.24) is 0 Å². The van der Waals surface area contributed by atoms with Gasteiger partial charge in [0.25, 0.3) is 0 Å². The van der Waals surface area contributed by atoms with Crippen LogP contribution in [-0.2, 0) is 0 Å². The van der Waals surface area contributed by atoms with Crippen LogP contribution in [0.15, 0.2) is 35.5 Å². The summed E-state index contributed by atoms with van der Waals surface area (Å²) in [7, 11) is 0.